The zero-order chi connectivity index (χ0) is 23.0. The first-order valence-electron chi connectivity index (χ1n) is 10.5. The Morgan fingerprint density at radius 2 is 1.78 bits per heavy atom. The lowest BCUT2D eigenvalue weighted by Gasteiger charge is -2.26. The number of nitrogens with zero attached hydrogens (tertiary/aromatic N) is 1. The molecule has 6 heteroatoms. The van der Waals surface area contributed by atoms with Gasteiger partial charge in [-0.1, -0.05) is 18.2 Å². The summed E-state index contributed by atoms with van der Waals surface area (Å²) in [7, 11) is 0. The van der Waals surface area contributed by atoms with E-state index in [0.29, 0.717) is 17.0 Å². The molecule has 1 unspecified atom stereocenters. The van der Waals surface area contributed by atoms with Crippen molar-refractivity contribution in [3.05, 3.63) is 87.1 Å². The molecule has 0 spiro atoms. The van der Waals surface area contributed by atoms with Gasteiger partial charge in [0.05, 0.1) is 11.7 Å². The van der Waals surface area contributed by atoms with Gasteiger partial charge in [-0.25, -0.2) is 0 Å². The molecule has 0 bridgehead atoms. The number of benzene rings is 2. The van der Waals surface area contributed by atoms with E-state index >= 15 is 0 Å². The van der Waals surface area contributed by atoms with Crippen molar-refractivity contribution in [2.75, 3.05) is 4.90 Å². The van der Waals surface area contributed by atoms with Crippen LogP contribution in [0.25, 0.3) is 5.76 Å². The number of ether oxygens (including phenoxy) is 1. The Balaban J connectivity index is 1.86. The maximum Gasteiger partial charge on any atom is 0.300 e. The highest BCUT2D eigenvalue weighted by Gasteiger charge is 2.47. The van der Waals surface area contributed by atoms with Crippen molar-refractivity contribution in [1.29, 1.82) is 0 Å². The number of anilines is 1. The predicted molar refractivity (Wildman–Crippen MR) is 127 cm³/mol. The third-order valence-electron chi connectivity index (χ3n) is 5.38. The molecule has 1 saturated heterocycles. The van der Waals surface area contributed by atoms with Crippen LogP contribution in [0, 0.1) is 13.8 Å². The highest BCUT2D eigenvalue weighted by molar-refractivity contribution is 7.10. The van der Waals surface area contributed by atoms with E-state index in [1.807, 2.05) is 63.4 Å². The number of rotatable bonds is 5. The first-order chi connectivity index (χ1) is 15.3. The van der Waals surface area contributed by atoms with Gasteiger partial charge in [0, 0.05) is 16.1 Å². The Bertz CT molecular complexity index is 1190. The molecular formula is C26H25NO4S. The molecule has 2 aromatic carbocycles. The summed E-state index contributed by atoms with van der Waals surface area (Å²) in [5.74, 6) is -0.851. The van der Waals surface area contributed by atoms with Crippen molar-refractivity contribution < 1.29 is 19.4 Å². The maximum atomic E-state index is 13.2. The first-order valence-corrected chi connectivity index (χ1v) is 11.3. The zero-order valence-electron chi connectivity index (χ0n) is 18.5. The van der Waals surface area contributed by atoms with Gasteiger partial charge in [-0.3, -0.25) is 14.5 Å². The Kier molecular flexibility index (Phi) is 5.89. The Morgan fingerprint density at radius 1 is 1.06 bits per heavy atom. The summed E-state index contributed by atoms with van der Waals surface area (Å²) in [5.41, 5.74) is 3.09. The van der Waals surface area contributed by atoms with E-state index in [2.05, 4.69) is 0 Å². The van der Waals surface area contributed by atoms with E-state index in [1.54, 1.807) is 24.3 Å². The number of thiophene rings is 1. The van der Waals surface area contributed by atoms with Gasteiger partial charge in [0.25, 0.3) is 11.7 Å². The maximum absolute atomic E-state index is 13.2. The molecule has 1 N–H and O–H groups in total. The van der Waals surface area contributed by atoms with E-state index in [1.165, 1.54) is 16.2 Å². The third kappa shape index (κ3) is 3.94. The lowest BCUT2D eigenvalue weighted by molar-refractivity contribution is -0.132. The van der Waals surface area contributed by atoms with Gasteiger partial charge in [-0.2, -0.15) is 0 Å². The van der Waals surface area contributed by atoms with E-state index in [-0.39, 0.29) is 17.4 Å². The monoisotopic (exact) mass is 447 g/mol. The summed E-state index contributed by atoms with van der Waals surface area (Å²) in [6, 6.07) is 15.8. The minimum Gasteiger partial charge on any atom is -0.507 e. The molecule has 1 amide bonds. The number of ketones is 1. The number of hydrogen-bond acceptors (Lipinski definition) is 5. The second-order valence-corrected chi connectivity index (χ2v) is 9.14. The highest BCUT2D eigenvalue weighted by Crippen LogP contribution is 2.44. The van der Waals surface area contributed by atoms with Gasteiger partial charge in [0.1, 0.15) is 17.6 Å². The molecule has 1 atom stereocenters. The topological polar surface area (TPSA) is 66.8 Å². The molecular weight excluding hydrogens is 422 g/mol. The van der Waals surface area contributed by atoms with Gasteiger partial charge < -0.3 is 9.84 Å². The third-order valence-corrected chi connectivity index (χ3v) is 6.31. The summed E-state index contributed by atoms with van der Waals surface area (Å²) < 4.78 is 5.67. The SMILES string of the molecule is Cc1ccc(C)c(N2C(=O)C(=O)/C(=C(\O)c3ccc(OC(C)C)cc3)C2c2cccs2)c1. The van der Waals surface area contributed by atoms with Crippen LogP contribution in [-0.2, 0) is 9.59 Å². The van der Waals surface area contributed by atoms with Crippen molar-refractivity contribution in [3.63, 3.8) is 0 Å². The molecule has 4 rings (SSSR count). The molecule has 0 aliphatic carbocycles. The predicted octanol–water partition coefficient (Wildman–Crippen LogP) is 5.78. The second-order valence-electron chi connectivity index (χ2n) is 8.17. The smallest absolute Gasteiger partial charge is 0.300 e. The minimum absolute atomic E-state index is 0.0242. The van der Waals surface area contributed by atoms with Crippen LogP contribution < -0.4 is 9.64 Å². The fourth-order valence-corrected chi connectivity index (χ4v) is 4.72. The number of hydrogen-bond donors (Lipinski definition) is 1. The summed E-state index contributed by atoms with van der Waals surface area (Å²) in [4.78, 5) is 28.7. The molecule has 0 radical (unpaired) electrons. The number of carbonyl (C=O) groups excluding carboxylic acids is 2. The highest BCUT2D eigenvalue weighted by atomic mass is 32.1. The molecule has 1 fully saturated rings. The van der Waals surface area contributed by atoms with Crippen LogP contribution in [0.3, 0.4) is 0 Å². The van der Waals surface area contributed by atoms with E-state index in [0.717, 1.165) is 16.0 Å². The van der Waals surface area contributed by atoms with Crippen molar-refractivity contribution in [2.45, 2.75) is 39.8 Å². The molecule has 2 heterocycles. The lowest BCUT2D eigenvalue weighted by Crippen LogP contribution is -2.29. The van der Waals surface area contributed by atoms with E-state index in [4.69, 9.17) is 4.74 Å². The fourth-order valence-electron chi connectivity index (χ4n) is 3.90. The van der Waals surface area contributed by atoms with Crippen molar-refractivity contribution >= 4 is 34.5 Å². The van der Waals surface area contributed by atoms with Crippen LogP contribution in [0.15, 0.2) is 65.6 Å². The molecule has 32 heavy (non-hydrogen) atoms. The average Bonchev–Trinajstić information content (AvgIpc) is 3.37. The first kappa shape index (κ1) is 21.8. The second kappa shape index (κ2) is 8.63. The van der Waals surface area contributed by atoms with Crippen LogP contribution in [0.5, 0.6) is 5.75 Å². The normalized spacial score (nSPS) is 17.9. The number of aliphatic hydroxyl groups is 1. The molecule has 3 aromatic rings. The van der Waals surface area contributed by atoms with Gasteiger partial charge >= 0.3 is 0 Å². The summed E-state index contributed by atoms with van der Waals surface area (Å²) >= 11 is 1.45. The molecule has 1 aromatic heterocycles. The van der Waals surface area contributed by atoms with Crippen molar-refractivity contribution in [1.82, 2.24) is 0 Å². The Hall–Kier alpha value is -3.38. The summed E-state index contributed by atoms with van der Waals surface area (Å²) in [6.07, 6.45) is 0.0242. The fraction of sp³-hybridized carbons (Fsp3) is 0.231. The van der Waals surface area contributed by atoms with Gasteiger partial charge in [0.15, 0.2) is 0 Å². The molecule has 5 nitrogen and oxygen atoms in total. The van der Waals surface area contributed by atoms with Gasteiger partial charge in [-0.15, -0.1) is 11.3 Å². The number of Topliss-reactive ketones (excluding diaryl/α,β-unsaturated/α-hetero) is 1. The largest absolute Gasteiger partial charge is 0.507 e. The van der Waals surface area contributed by atoms with E-state index in [9.17, 15) is 14.7 Å². The average molecular weight is 448 g/mol. The summed E-state index contributed by atoms with van der Waals surface area (Å²) in [6.45, 7) is 7.72. The minimum atomic E-state index is -0.693. The van der Waals surface area contributed by atoms with Crippen LogP contribution in [0.1, 0.15) is 41.5 Å². The Labute approximate surface area is 191 Å². The lowest BCUT2D eigenvalue weighted by atomic mass is 9.99. The zero-order valence-corrected chi connectivity index (χ0v) is 19.3. The number of carbonyl (C=O) groups is 2. The number of amides is 1. The molecule has 1 aliphatic heterocycles. The van der Waals surface area contributed by atoms with Gasteiger partial charge in [-0.05, 0) is 80.6 Å². The number of aryl methyl sites for hydroxylation is 2. The van der Waals surface area contributed by atoms with Crippen LogP contribution in [0.4, 0.5) is 5.69 Å². The van der Waals surface area contributed by atoms with Crippen molar-refractivity contribution in [2.24, 2.45) is 0 Å². The van der Waals surface area contributed by atoms with E-state index < -0.39 is 17.7 Å². The summed E-state index contributed by atoms with van der Waals surface area (Å²) in [5, 5.41) is 13.1. The molecule has 1 aliphatic rings. The van der Waals surface area contributed by atoms with Crippen molar-refractivity contribution in [3.8, 4) is 5.75 Å². The molecule has 0 saturated carbocycles. The molecule has 164 valence electrons. The van der Waals surface area contributed by atoms with Crippen LogP contribution in [0.2, 0.25) is 0 Å². The standard InChI is InChI=1S/C26H25NO4S/c1-15(2)31-19-11-9-18(10-12-19)24(28)22-23(21-6-5-13-32-21)27(26(30)25(22)29)20-14-16(3)7-8-17(20)4/h5-15,23,28H,1-4H3/b24-22-. The Morgan fingerprint density at radius 3 is 2.41 bits per heavy atom. The quantitative estimate of drug-likeness (QED) is 0.306. The van der Waals surface area contributed by atoms with Crippen LogP contribution in [-0.4, -0.2) is 22.9 Å². The van der Waals surface area contributed by atoms with Crippen LogP contribution >= 0.6 is 11.3 Å². The van der Waals surface area contributed by atoms with Gasteiger partial charge in [0.2, 0.25) is 0 Å². The number of aliphatic hydroxyl groups excluding tert-OH is 1.